The molecule has 3 aliphatic heterocycles. The third kappa shape index (κ3) is 7.55. The largest absolute Gasteiger partial charge is 0.458 e. The van der Waals surface area contributed by atoms with Crippen LogP contribution in [0.25, 0.3) is 0 Å². The van der Waals surface area contributed by atoms with Gasteiger partial charge in [-0.15, -0.1) is 0 Å². The SMILES string of the molecule is C[C@@H]1C[C@H]2C(=O)O[C@@H](C)C(NC(=O)OCc3ccccc3)C(=O)N3CCC[C@H]3C(=O)N(C)[C@@H]([C@H](C)O)C(=O)N[C@@H](C)C(=O)N2C1. The summed E-state index contributed by atoms with van der Waals surface area (Å²) in [5, 5.41) is 15.7. The van der Waals surface area contributed by atoms with Crippen LogP contribution >= 0.6 is 0 Å². The van der Waals surface area contributed by atoms with Crippen molar-refractivity contribution in [3.8, 4) is 0 Å². The summed E-state index contributed by atoms with van der Waals surface area (Å²) in [6, 6.07) is 3.06. The Labute approximate surface area is 262 Å². The highest BCUT2D eigenvalue weighted by molar-refractivity contribution is 5.97. The van der Waals surface area contributed by atoms with Crippen molar-refractivity contribution in [3.63, 3.8) is 0 Å². The van der Waals surface area contributed by atoms with Crippen LogP contribution in [0.5, 0.6) is 0 Å². The second-order valence-corrected chi connectivity index (χ2v) is 12.2. The van der Waals surface area contributed by atoms with Crippen molar-refractivity contribution in [2.24, 2.45) is 5.92 Å². The number of hydrogen-bond acceptors (Lipinski definition) is 9. The topological polar surface area (TPSA) is 175 Å². The quantitative estimate of drug-likeness (QED) is 0.392. The van der Waals surface area contributed by atoms with E-state index >= 15 is 0 Å². The molecule has 8 atom stereocenters. The minimum Gasteiger partial charge on any atom is -0.458 e. The summed E-state index contributed by atoms with van der Waals surface area (Å²) < 4.78 is 11.1. The predicted octanol–water partition coefficient (Wildman–Crippen LogP) is 0.167. The third-order valence-corrected chi connectivity index (χ3v) is 8.63. The lowest BCUT2D eigenvalue weighted by atomic mass is 10.1. The van der Waals surface area contributed by atoms with E-state index in [0.717, 1.165) is 10.5 Å². The molecule has 0 radical (unpaired) electrons. The number of benzene rings is 1. The van der Waals surface area contributed by atoms with E-state index in [0.29, 0.717) is 12.8 Å². The molecule has 1 aromatic rings. The van der Waals surface area contributed by atoms with E-state index in [9.17, 15) is 33.9 Å². The highest BCUT2D eigenvalue weighted by Crippen LogP contribution is 2.27. The summed E-state index contributed by atoms with van der Waals surface area (Å²) in [6.45, 7) is 6.48. The number of likely N-dealkylation sites (N-methyl/N-ethyl adjacent to an activating group) is 1. The van der Waals surface area contributed by atoms with Crippen LogP contribution in [0.1, 0.15) is 52.5 Å². The van der Waals surface area contributed by atoms with Gasteiger partial charge in [0, 0.05) is 20.1 Å². The number of ether oxygens (including phenoxy) is 2. The molecule has 3 aliphatic rings. The van der Waals surface area contributed by atoms with Gasteiger partial charge in [0.2, 0.25) is 23.6 Å². The normalized spacial score (nSPS) is 30.8. The highest BCUT2D eigenvalue weighted by atomic mass is 16.6. The summed E-state index contributed by atoms with van der Waals surface area (Å²) in [7, 11) is 1.36. The van der Waals surface area contributed by atoms with Crippen LogP contribution in [0.2, 0.25) is 0 Å². The first-order valence-corrected chi connectivity index (χ1v) is 15.3. The molecule has 14 heteroatoms. The number of alkyl carbamates (subject to hydrolysis) is 1. The lowest BCUT2D eigenvalue weighted by Crippen LogP contribution is -2.62. The average molecular weight is 630 g/mol. The summed E-state index contributed by atoms with van der Waals surface area (Å²) in [5.41, 5.74) is 0.718. The number of carbonyl (C=O) groups is 6. The fraction of sp³-hybridized carbons (Fsp3) is 0.613. The maximum Gasteiger partial charge on any atom is 0.408 e. The van der Waals surface area contributed by atoms with E-state index in [2.05, 4.69) is 10.6 Å². The van der Waals surface area contributed by atoms with E-state index in [1.807, 2.05) is 13.0 Å². The van der Waals surface area contributed by atoms with E-state index < -0.39 is 78.1 Å². The molecule has 0 aliphatic carbocycles. The standard InChI is InChI=1S/C31H43N5O9/c1-17-14-23-30(42)45-20(4)24(33-31(43)44-16-21-10-7-6-8-11-21)29(41)35-13-9-12-22(35)28(40)34(5)25(19(3)37)26(38)32-18(2)27(39)36(23)15-17/h6-8,10-11,17-20,22-25,37H,9,12-16H2,1-5H3,(H,32,38)(H,33,43)/t17-,18+,19+,20+,22+,23+,24?,25+/m1/s1. The number of aliphatic hydroxyl groups excluding tert-OH is 1. The van der Waals surface area contributed by atoms with Crippen LogP contribution in [-0.4, -0.2) is 118 Å². The molecular formula is C31H43N5O9. The zero-order chi connectivity index (χ0) is 33.0. The van der Waals surface area contributed by atoms with Crippen molar-refractivity contribution < 1.29 is 43.3 Å². The lowest BCUT2D eigenvalue weighted by molar-refractivity contribution is -0.162. The van der Waals surface area contributed by atoms with Crippen molar-refractivity contribution in [2.45, 2.75) is 96.0 Å². The predicted molar refractivity (Wildman–Crippen MR) is 159 cm³/mol. The van der Waals surface area contributed by atoms with Crippen molar-refractivity contribution in [1.29, 1.82) is 0 Å². The van der Waals surface area contributed by atoms with E-state index in [4.69, 9.17) is 9.47 Å². The fourth-order valence-electron chi connectivity index (χ4n) is 6.28. The minimum absolute atomic E-state index is 0.0605. The zero-order valence-electron chi connectivity index (χ0n) is 26.3. The number of nitrogens with zero attached hydrogens (tertiary/aromatic N) is 3. The Morgan fingerprint density at radius 2 is 1.73 bits per heavy atom. The van der Waals surface area contributed by atoms with Gasteiger partial charge in [-0.05, 0) is 51.5 Å². The molecular weight excluding hydrogens is 586 g/mol. The monoisotopic (exact) mass is 629 g/mol. The molecule has 246 valence electrons. The Balaban J connectivity index is 1.68. The third-order valence-electron chi connectivity index (χ3n) is 8.63. The van der Waals surface area contributed by atoms with Crippen molar-refractivity contribution in [2.75, 3.05) is 20.1 Å². The number of cyclic esters (lactones) is 1. The van der Waals surface area contributed by atoms with Crippen molar-refractivity contribution >= 4 is 35.7 Å². The molecule has 3 saturated heterocycles. The second kappa shape index (κ2) is 14.3. The number of nitrogens with one attached hydrogen (secondary N) is 2. The molecule has 3 N–H and O–H groups in total. The van der Waals surface area contributed by atoms with E-state index in [1.54, 1.807) is 24.3 Å². The smallest absolute Gasteiger partial charge is 0.408 e. The Kier molecular flexibility index (Phi) is 10.7. The number of aliphatic hydroxyl groups is 1. The Morgan fingerprint density at radius 3 is 2.40 bits per heavy atom. The number of hydrogen-bond donors (Lipinski definition) is 3. The Bertz CT molecular complexity index is 1290. The van der Waals surface area contributed by atoms with Gasteiger partial charge in [0.15, 0.2) is 0 Å². The molecule has 3 fully saturated rings. The lowest BCUT2D eigenvalue weighted by Gasteiger charge is -2.37. The molecule has 45 heavy (non-hydrogen) atoms. The van der Waals surface area contributed by atoms with Crippen LogP contribution < -0.4 is 10.6 Å². The fourth-order valence-corrected chi connectivity index (χ4v) is 6.28. The number of carbonyl (C=O) groups excluding carboxylic acids is 6. The molecule has 5 amide bonds. The van der Waals surface area contributed by atoms with Crippen LogP contribution in [0.4, 0.5) is 4.79 Å². The number of rotatable bonds is 4. The molecule has 4 rings (SSSR count). The minimum atomic E-state index is -1.43. The van der Waals surface area contributed by atoms with Gasteiger partial charge in [-0.3, -0.25) is 19.2 Å². The van der Waals surface area contributed by atoms with E-state index in [-0.39, 0.29) is 32.0 Å². The zero-order valence-corrected chi connectivity index (χ0v) is 26.3. The van der Waals surface area contributed by atoms with Gasteiger partial charge in [0.05, 0.1) is 6.10 Å². The first kappa shape index (κ1) is 33.7. The first-order valence-electron chi connectivity index (χ1n) is 15.3. The average Bonchev–Trinajstić information content (AvgIpc) is 3.64. The van der Waals surface area contributed by atoms with Gasteiger partial charge in [0.1, 0.15) is 42.9 Å². The van der Waals surface area contributed by atoms with Gasteiger partial charge in [-0.2, -0.15) is 0 Å². The molecule has 0 aromatic heterocycles. The number of esters is 1. The first-order chi connectivity index (χ1) is 21.3. The van der Waals surface area contributed by atoms with Gasteiger partial charge < -0.3 is 39.9 Å². The van der Waals surface area contributed by atoms with E-state index in [1.165, 1.54) is 37.6 Å². The van der Waals surface area contributed by atoms with Crippen LogP contribution in [0.15, 0.2) is 30.3 Å². The van der Waals surface area contributed by atoms with Crippen molar-refractivity contribution in [3.05, 3.63) is 35.9 Å². The van der Waals surface area contributed by atoms with Gasteiger partial charge >= 0.3 is 12.1 Å². The molecule has 0 bridgehead atoms. The Hall–Kier alpha value is -4.20. The molecule has 0 saturated carbocycles. The second-order valence-electron chi connectivity index (χ2n) is 12.2. The Morgan fingerprint density at radius 1 is 1.04 bits per heavy atom. The molecule has 3 heterocycles. The maximum absolute atomic E-state index is 14.1. The van der Waals surface area contributed by atoms with Crippen LogP contribution in [-0.2, 0) is 40.1 Å². The number of fused-ring (bicyclic) bond motifs is 2. The molecule has 14 nitrogen and oxygen atoms in total. The summed E-state index contributed by atoms with van der Waals surface area (Å²) in [4.78, 5) is 84.8. The van der Waals surface area contributed by atoms with Gasteiger partial charge in [-0.25, -0.2) is 9.59 Å². The molecule has 0 spiro atoms. The van der Waals surface area contributed by atoms with Gasteiger partial charge in [0.25, 0.3) is 0 Å². The van der Waals surface area contributed by atoms with Gasteiger partial charge in [-0.1, -0.05) is 37.3 Å². The maximum atomic E-state index is 14.1. The summed E-state index contributed by atoms with van der Waals surface area (Å²) in [6.07, 6.45) is -2.42. The summed E-state index contributed by atoms with van der Waals surface area (Å²) >= 11 is 0. The van der Waals surface area contributed by atoms with Crippen LogP contribution in [0.3, 0.4) is 0 Å². The molecule has 1 unspecified atom stereocenters. The van der Waals surface area contributed by atoms with Crippen molar-refractivity contribution in [1.82, 2.24) is 25.3 Å². The summed E-state index contributed by atoms with van der Waals surface area (Å²) in [5.74, 6) is -3.40. The highest BCUT2D eigenvalue weighted by Gasteiger charge is 2.46. The van der Waals surface area contributed by atoms with Crippen LogP contribution in [0, 0.1) is 5.92 Å². The molecule has 1 aromatic carbocycles. The number of amides is 5.